The van der Waals surface area contributed by atoms with Crippen molar-refractivity contribution < 1.29 is 4.39 Å². The summed E-state index contributed by atoms with van der Waals surface area (Å²) < 4.78 is 15.7. The van der Waals surface area contributed by atoms with E-state index in [0.29, 0.717) is 11.5 Å². The minimum Gasteiger partial charge on any atom is -0.383 e. The van der Waals surface area contributed by atoms with Crippen molar-refractivity contribution in [2.75, 3.05) is 36.8 Å². The van der Waals surface area contributed by atoms with E-state index in [0.717, 1.165) is 84.9 Å². The van der Waals surface area contributed by atoms with Gasteiger partial charge in [-0.25, -0.2) is 19.3 Å². The highest BCUT2D eigenvalue weighted by Gasteiger charge is 2.43. The number of aromatic nitrogens is 6. The van der Waals surface area contributed by atoms with Crippen molar-refractivity contribution >= 4 is 22.7 Å². The van der Waals surface area contributed by atoms with Crippen LogP contribution in [0.5, 0.6) is 0 Å². The van der Waals surface area contributed by atoms with Gasteiger partial charge in [0.2, 0.25) is 5.82 Å². The van der Waals surface area contributed by atoms with Crippen LogP contribution in [0.15, 0.2) is 91.5 Å². The number of pyridine rings is 3. The molecule has 47 heavy (non-hydrogen) atoms. The lowest BCUT2D eigenvalue weighted by Crippen LogP contribution is -2.31. The first-order valence-corrected chi connectivity index (χ1v) is 15.6. The smallest absolute Gasteiger partial charge is 0.234 e. The second-order valence-electron chi connectivity index (χ2n) is 12.4. The number of likely N-dealkylation sites (tertiary alicyclic amines) is 1. The molecule has 2 fully saturated rings. The van der Waals surface area contributed by atoms with Gasteiger partial charge in [-0.05, 0) is 79.5 Å². The highest BCUT2D eigenvalue weighted by molar-refractivity contribution is 5.90. The van der Waals surface area contributed by atoms with Crippen LogP contribution in [0.4, 0.5) is 16.0 Å². The van der Waals surface area contributed by atoms with Gasteiger partial charge in [0.1, 0.15) is 23.5 Å². The fourth-order valence-corrected chi connectivity index (χ4v) is 7.09. The van der Waals surface area contributed by atoms with Gasteiger partial charge in [-0.1, -0.05) is 12.1 Å². The van der Waals surface area contributed by atoms with Gasteiger partial charge >= 0.3 is 0 Å². The van der Waals surface area contributed by atoms with Gasteiger partial charge in [0.05, 0.1) is 28.6 Å². The van der Waals surface area contributed by atoms with Gasteiger partial charge in [0.15, 0.2) is 0 Å². The van der Waals surface area contributed by atoms with E-state index in [1.165, 1.54) is 17.8 Å². The molecule has 2 aliphatic rings. The molecule has 1 aromatic carbocycles. The summed E-state index contributed by atoms with van der Waals surface area (Å²) in [5.41, 5.74) is 13.6. The second-order valence-corrected chi connectivity index (χ2v) is 12.4. The SMILES string of the molecule is N#Cc1nccc(N2CC[C@@]3(CCN(Cc4ccc(-n5c(-c6cccnc6N)cc6ncc(-c7ccc(F)cn7)cc65)cc4)C3)C2)n1. The molecule has 8 rings (SSSR count). The van der Waals surface area contributed by atoms with Crippen LogP contribution in [0.1, 0.15) is 24.2 Å². The number of halogens is 1. The first-order chi connectivity index (χ1) is 23.0. The van der Waals surface area contributed by atoms with Gasteiger partial charge < -0.3 is 15.2 Å². The van der Waals surface area contributed by atoms with Gasteiger partial charge in [-0.3, -0.25) is 14.9 Å². The predicted molar refractivity (Wildman–Crippen MR) is 178 cm³/mol. The molecule has 11 heteroatoms. The third-order valence-electron chi connectivity index (χ3n) is 9.41. The zero-order valence-electron chi connectivity index (χ0n) is 25.6. The van der Waals surface area contributed by atoms with Crippen LogP contribution in [-0.2, 0) is 6.54 Å². The van der Waals surface area contributed by atoms with Gasteiger partial charge in [-0.15, -0.1) is 0 Å². The Balaban J connectivity index is 1.06. The number of nitrogens with zero attached hydrogens (tertiary/aromatic N) is 9. The molecule has 6 aromatic rings. The van der Waals surface area contributed by atoms with Crippen molar-refractivity contribution in [2.45, 2.75) is 19.4 Å². The minimum atomic E-state index is -0.382. The predicted octanol–water partition coefficient (Wildman–Crippen LogP) is 5.63. The maximum absolute atomic E-state index is 13.6. The lowest BCUT2D eigenvalue weighted by molar-refractivity contribution is 0.270. The standard InChI is InChI=1S/C36H31FN10/c37-26-5-8-29(43-20-26)25-16-32-30(42-19-25)17-31(28-2-1-12-41-35(28)39)47(32)27-6-3-24(4-7-27)21-45-14-10-36(22-45)11-15-46(23-36)34-9-13-40-33(18-38)44-34/h1-9,12-13,16-17,19-20H,10-11,14-15,21-23H2,(H2,39,41)/t36-/m1/s1. The summed E-state index contributed by atoms with van der Waals surface area (Å²) in [6.07, 6.45) is 8.58. The summed E-state index contributed by atoms with van der Waals surface area (Å²) in [4.78, 5) is 26.6. The van der Waals surface area contributed by atoms with Crippen LogP contribution in [-0.4, -0.2) is 60.6 Å². The number of nitriles is 1. The van der Waals surface area contributed by atoms with Crippen LogP contribution in [0.2, 0.25) is 0 Å². The van der Waals surface area contributed by atoms with Crippen LogP contribution in [0, 0.1) is 22.6 Å². The summed E-state index contributed by atoms with van der Waals surface area (Å²) in [5.74, 6) is 1.11. The van der Waals surface area contributed by atoms with Crippen molar-refractivity contribution in [1.29, 1.82) is 5.26 Å². The molecule has 0 aliphatic carbocycles. The van der Waals surface area contributed by atoms with Crippen molar-refractivity contribution in [3.63, 3.8) is 0 Å². The first-order valence-electron chi connectivity index (χ1n) is 15.6. The third-order valence-corrected chi connectivity index (χ3v) is 9.41. The zero-order chi connectivity index (χ0) is 32.0. The Hall–Kier alpha value is -5.73. The highest BCUT2D eigenvalue weighted by Crippen LogP contribution is 2.41. The van der Waals surface area contributed by atoms with Gasteiger partial charge in [-0.2, -0.15) is 5.26 Å². The lowest BCUT2D eigenvalue weighted by atomic mass is 9.86. The van der Waals surface area contributed by atoms with Gasteiger partial charge in [0, 0.05) is 67.0 Å². The Kier molecular flexibility index (Phi) is 7.07. The number of nitrogens with two attached hydrogens (primary N) is 1. The molecular formula is C36H31FN10. The van der Waals surface area contributed by atoms with Crippen molar-refractivity contribution in [2.24, 2.45) is 5.41 Å². The molecule has 1 spiro atoms. The molecule has 2 N–H and O–H groups in total. The van der Waals surface area contributed by atoms with Crippen LogP contribution in [0.3, 0.4) is 0 Å². The van der Waals surface area contributed by atoms with E-state index in [4.69, 9.17) is 10.7 Å². The molecular weight excluding hydrogens is 591 g/mol. The van der Waals surface area contributed by atoms with Crippen LogP contribution >= 0.6 is 0 Å². The number of hydrogen-bond donors (Lipinski definition) is 1. The van der Waals surface area contributed by atoms with E-state index >= 15 is 0 Å². The quantitative estimate of drug-likeness (QED) is 0.251. The fourth-order valence-electron chi connectivity index (χ4n) is 7.09. The van der Waals surface area contributed by atoms with Crippen molar-refractivity contribution in [3.05, 3.63) is 109 Å². The lowest BCUT2D eigenvalue weighted by Gasteiger charge is -2.25. The molecule has 0 radical (unpaired) electrons. The zero-order valence-corrected chi connectivity index (χ0v) is 25.6. The molecule has 0 saturated carbocycles. The maximum atomic E-state index is 13.6. The number of benzene rings is 1. The molecule has 7 heterocycles. The summed E-state index contributed by atoms with van der Waals surface area (Å²) in [6, 6.07) is 23.5. The summed E-state index contributed by atoms with van der Waals surface area (Å²) in [5, 5.41) is 9.22. The van der Waals surface area contributed by atoms with E-state index in [-0.39, 0.29) is 17.1 Å². The first kappa shape index (κ1) is 28.7. The van der Waals surface area contributed by atoms with Crippen LogP contribution < -0.4 is 10.6 Å². The molecule has 0 unspecified atom stereocenters. The third kappa shape index (κ3) is 5.42. The molecule has 2 aliphatic heterocycles. The van der Waals surface area contributed by atoms with E-state index in [1.54, 1.807) is 24.7 Å². The molecule has 0 amide bonds. The number of hydrogen-bond acceptors (Lipinski definition) is 9. The summed E-state index contributed by atoms with van der Waals surface area (Å²) in [7, 11) is 0. The summed E-state index contributed by atoms with van der Waals surface area (Å²) >= 11 is 0. The number of rotatable bonds is 6. The molecule has 10 nitrogen and oxygen atoms in total. The average Bonchev–Trinajstić information content (AvgIpc) is 3.82. The Labute approximate surface area is 271 Å². The monoisotopic (exact) mass is 622 g/mol. The normalized spacial score (nSPS) is 17.9. The maximum Gasteiger partial charge on any atom is 0.234 e. The minimum absolute atomic E-state index is 0.213. The topological polar surface area (TPSA) is 126 Å². The molecule has 0 bridgehead atoms. The van der Waals surface area contributed by atoms with E-state index in [1.807, 2.05) is 36.4 Å². The number of anilines is 2. The van der Waals surface area contributed by atoms with E-state index < -0.39 is 0 Å². The van der Waals surface area contributed by atoms with Gasteiger partial charge in [0.25, 0.3) is 0 Å². The highest BCUT2D eigenvalue weighted by atomic mass is 19.1. The average molecular weight is 623 g/mol. The van der Waals surface area contributed by atoms with Crippen LogP contribution in [0.25, 0.3) is 39.2 Å². The Morgan fingerprint density at radius 3 is 2.57 bits per heavy atom. The Morgan fingerprint density at radius 1 is 0.894 bits per heavy atom. The Morgan fingerprint density at radius 2 is 1.77 bits per heavy atom. The molecule has 1 atom stereocenters. The number of fused-ring (bicyclic) bond motifs is 1. The van der Waals surface area contributed by atoms with Crippen molar-refractivity contribution in [3.8, 4) is 34.3 Å². The summed E-state index contributed by atoms with van der Waals surface area (Å²) in [6.45, 7) is 4.81. The molecule has 2 saturated heterocycles. The molecule has 5 aromatic heterocycles. The fraction of sp³-hybridized carbons (Fsp3) is 0.222. The van der Waals surface area contributed by atoms with E-state index in [9.17, 15) is 9.65 Å². The number of nitrogen functional groups attached to an aromatic ring is 1. The largest absolute Gasteiger partial charge is 0.383 e. The second kappa shape index (κ2) is 11.6. The van der Waals surface area contributed by atoms with E-state index in [2.05, 4.69) is 58.6 Å². The Bertz CT molecular complexity index is 2140. The van der Waals surface area contributed by atoms with Crippen molar-refractivity contribution in [1.82, 2.24) is 34.4 Å². The molecule has 232 valence electrons.